The van der Waals surface area contributed by atoms with Crippen LogP contribution in [-0.4, -0.2) is 31.1 Å². The minimum absolute atomic E-state index is 0.0349. The molecule has 0 aromatic heterocycles. The summed E-state index contributed by atoms with van der Waals surface area (Å²) in [4.78, 5) is 15.0. The van der Waals surface area contributed by atoms with Crippen LogP contribution in [0.25, 0.3) is 0 Å². The van der Waals surface area contributed by atoms with Gasteiger partial charge in [-0.2, -0.15) is 0 Å². The molecule has 1 saturated carbocycles. The predicted octanol–water partition coefficient (Wildman–Crippen LogP) is 3.15. The normalized spacial score (nSPS) is 25.4. The van der Waals surface area contributed by atoms with Gasteiger partial charge in [0.25, 0.3) is 5.91 Å². The van der Waals surface area contributed by atoms with Crippen LogP contribution >= 0.6 is 0 Å². The van der Waals surface area contributed by atoms with Gasteiger partial charge in [0.2, 0.25) is 0 Å². The number of nitrogens with two attached hydrogens (primary N) is 1. The Morgan fingerprint density at radius 3 is 2.44 bits per heavy atom. The van der Waals surface area contributed by atoms with Crippen LogP contribution in [0.1, 0.15) is 58.8 Å². The lowest BCUT2D eigenvalue weighted by molar-refractivity contribution is -0.714. The molecule has 1 saturated heterocycles. The fourth-order valence-electron chi connectivity index (χ4n) is 4.25. The standard InChI is InChI=1S/C21H33N3O/c1-16-8-4-5-9-20(16)22-17(2)21(25)23-18-10-12-19(13-11-18)24-14-6-3-7-15-24/h10-13,16-17,20,22H,3-9,14-15H2,1-2H3,(H,23,25)/p+1/t16-,17-,20+/m0/s1. The number of amides is 1. The SMILES string of the molecule is C[C@H]([NH2+][C@@H]1CCCC[C@@H]1C)C(=O)Nc1ccc(N2CCCCC2)cc1. The van der Waals surface area contributed by atoms with Crippen LogP contribution in [-0.2, 0) is 4.79 Å². The second-order valence-electron chi connectivity index (χ2n) is 7.99. The Morgan fingerprint density at radius 2 is 1.76 bits per heavy atom. The van der Waals surface area contributed by atoms with Crippen LogP contribution in [0, 0.1) is 5.92 Å². The molecule has 2 fully saturated rings. The quantitative estimate of drug-likeness (QED) is 0.862. The second-order valence-corrected chi connectivity index (χ2v) is 7.99. The van der Waals surface area contributed by atoms with E-state index in [4.69, 9.17) is 0 Å². The molecule has 3 atom stereocenters. The first-order valence-electron chi connectivity index (χ1n) is 10.1. The van der Waals surface area contributed by atoms with E-state index in [1.807, 2.05) is 19.1 Å². The minimum atomic E-state index is -0.0349. The highest BCUT2D eigenvalue weighted by Crippen LogP contribution is 2.22. The summed E-state index contributed by atoms with van der Waals surface area (Å²) < 4.78 is 0. The van der Waals surface area contributed by atoms with E-state index >= 15 is 0 Å². The Hall–Kier alpha value is -1.55. The summed E-state index contributed by atoms with van der Waals surface area (Å²) in [5.41, 5.74) is 2.18. The maximum Gasteiger partial charge on any atom is 0.282 e. The van der Waals surface area contributed by atoms with Crippen molar-refractivity contribution in [1.29, 1.82) is 0 Å². The molecule has 0 spiro atoms. The van der Waals surface area contributed by atoms with Crippen LogP contribution in [0.3, 0.4) is 0 Å². The maximum absolute atomic E-state index is 12.5. The summed E-state index contributed by atoms with van der Waals surface area (Å²) in [6.07, 6.45) is 9.10. The van der Waals surface area contributed by atoms with Crippen LogP contribution in [0.15, 0.2) is 24.3 Å². The lowest BCUT2D eigenvalue weighted by atomic mass is 9.85. The molecule has 4 nitrogen and oxygen atoms in total. The van der Waals surface area contributed by atoms with Gasteiger partial charge in [-0.3, -0.25) is 4.79 Å². The molecule has 1 aromatic rings. The van der Waals surface area contributed by atoms with Crippen molar-refractivity contribution in [2.24, 2.45) is 5.92 Å². The average molecular weight is 345 g/mol. The molecule has 0 unspecified atom stereocenters. The molecule has 1 amide bonds. The number of nitrogens with zero attached hydrogens (tertiary/aromatic N) is 1. The van der Waals surface area contributed by atoms with Crippen molar-refractivity contribution < 1.29 is 10.1 Å². The van der Waals surface area contributed by atoms with E-state index < -0.39 is 0 Å². The first-order chi connectivity index (χ1) is 12.1. The predicted molar refractivity (Wildman–Crippen MR) is 104 cm³/mol. The van der Waals surface area contributed by atoms with E-state index in [9.17, 15) is 4.79 Å². The van der Waals surface area contributed by atoms with Gasteiger partial charge in [0.15, 0.2) is 6.04 Å². The minimum Gasteiger partial charge on any atom is -0.372 e. The third kappa shape index (κ3) is 4.97. The van der Waals surface area contributed by atoms with Crippen LogP contribution in [0.2, 0.25) is 0 Å². The zero-order chi connectivity index (χ0) is 17.6. The number of hydrogen-bond acceptors (Lipinski definition) is 2. The van der Waals surface area contributed by atoms with Gasteiger partial charge in [0.1, 0.15) is 0 Å². The summed E-state index contributed by atoms with van der Waals surface area (Å²) in [6, 6.07) is 8.91. The Labute approximate surface area is 152 Å². The number of carbonyl (C=O) groups excluding carboxylic acids is 1. The molecule has 0 radical (unpaired) electrons. The van der Waals surface area contributed by atoms with Gasteiger partial charge in [0, 0.05) is 30.4 Å². The van der Waals surface area contributed by atoms with Crippen LogP contribution in [0.4, 0.5) is 11.4 Å². The number of quaternary nitrogens is 1. The van der Waals surface area contributed by atoms with Gasteiger partial charge in [-0.25, -0.2) is 0 Å². The van der Waals surface area contributed by atoms with E-state index in [1.165, 1.54) is 50.6 Å². The zero-order valence-electron chi connectivity index (χ0n) is 15.8. The Kier molecular flexibility index (Phi) is 6.35. The van der Waals surface area contributed by atoms with E-state index in [2.05, 4.69) is 34.6 Å². The molecular weight excluding hydrogens is 310 g/mol. The van der Waals surface area contributed by atoms with Crippen molar-refractivity contribution in [3.63, 3.8) is 0 Å². The van der Waals surface area contributed by atoms with Gasteiger partial charge in [0.05, 0.1) is 6.04 Å². The summed E-state index contributed by atoms with van der Waals surface area (Å²) in [7, 11) is 0. The number of benzene rings is 1. The molecule has 4 heteroatoms. The number of nitrogens with one attached hydrogen (secondary N) is 1. The fraction of sp³-hybridized carbons (Fsp3) is 0.667. The van der Waals surface area contributed by atoms with Gasteiger partial charge in [-0.15, -0.1) is 0 Å². The fourth-order valence-corrected chi connectivity index (χ4v) is 4.25. The van der Waals surface area contributed by atoms with Crippen LogP contribution < -0.4 is 15.5 Å². The molecule has 1 heterocycles. The molecule has 0 bridgehead atoms. The molecule has 3 rings (SSSR count). The van der Waals surface area contributed by atoms with Gasteiger partial charge >= 0.3 is 0 Å². The number of hydrogen-bond donors (Lipinski definition) is 2. The molecule has 138 valence electrons. The second kappa shape index (κ2) is 8.70. The number of rotatable bonds is 5. The number of carbonyl (C=O) groups is 1. The van der Waals surface area contributed by atoms with Crippen molar-refractivity contribution in [1.82, 2.24) is 0 Å². The molecule has 1 aliphatic heterocycles. The van der Waals surface area contributed by atoms with Crippen molar-refractivity contribution in [2.75, 3.05) is 23.3 Å². The Balaban J connectivity index is 1.51. The van der Waals surface area contributed by atoms with Crippen molar-refractivity contribution in [3.05, 3.63) is 24.3 Å². The molecule has 2 aliphatic rings. The Bertz CT molecular complexity index is 551. The maximum atomic E-state index is 12.5. The van der Waals surface area contributed by atoms with Crippen molar-refractivity contribution in [2.45, 2.75) is 70.9 Å². The van der Waals surface area contributed by atoms with E-state index in [-0.39, 0.29) is 11.9 Å². The zero-order valence-corrected chi connectivity index (χ0v) is 15.8. The summed E-state index contributed by atoms with van der Waals surface area (Å²) in [5.74, 6) is 0.830. The van der Waals surface area contributed by atoms with Gasteiger partial charge in [-0.05, 0) is 69.7 Å². The lowest BCUT2D eigenvalue weighted by Crippen LogP contribution is -2.97. The monoisotopic (exact) mass is 344 g/mol. The third-order valence-electron chi connectivity index (χ3n) is 5.98. The molecular formula is C21H34N3O+. The highest BCUT2D eigenvalue weighted by atomic mass is 16.2. The molecule has 1 aromatic carbocycles. The highest BCUT2D eigenvalue weighted by Gasteiger charge is 2.28. The smallest absolute Gasteiger partial charge is 0.282 e. The van der Waals surface area contributed by atoms with Crippen LogP contribution in [0.5, 0.6) is 0 Å². The molecule has 3 N–H and O–H groups in total. The van der Waals surface area contributed by atoms with E-state index in [1.54, 1.807) is 0 Å². The first kappa shape index (κ1) is 18.2. The molecule has 1 aliphatic carbocycles. The largest absolute Gasteiger partial charge is 0.372 e. The first-order valence-corrected chi connectivity index (χ1v) is 10.1. The van der Waals surface area contributed by atoms with E-state index in [0.29, 0.717) is 12.0 Å². The average Bonchev–Trinajstić information content (AvgIpc) is 2.65. The number of anilines is 2. The highest BCUT2D eigenvalue weighted by molar-refractivity contribution is 5.93. The van der Waals surface area contributed by atoms with Gasteiger partial charge in [-0.1, -0.05) is 13.3 Å². The Morgan fingerprint density at radius 1 is 1.08 bits per heavy atom. The van der Waals surface area contributed by atoms with Crippen molar-refractivity contribution in [3.8, 4) is 0 Å². The topological polar surface area (TPSA) is 49.0 Å². The summed E-state index contributed by atoms with van der Waals surface area (Å²) in [5, 5.41) is 5.37. The summed E-state index contributed by atoms with van der Waals surface area (Å²) >= 11 is 0. The van der Waals surface area contributed by atoms with E-state index in [0.717, 1.165) is 18.8 Å². The summed E-state index contributed by atoms with van der Waals surface area (Å²) in [6.45, 7) is 6.65. The lowest BCUT2D eigenvalue weighted by Gasteiger charge is -2.29. The number of piperidine rings is 1. The third-order valence-corrected chi connectivity index (χ3v) is 5.98. The van der Waals surface area contributed by atoms with Gasteiger partial charge < -0.3 is 15.5 Å². The molecule has 25 heavy (non-hydrogen) atoms. The van der Waals surface area contributed by atoms with Crippen molar-refractivity contribution >= 4 is 17.3 Å².